The molecule has 20 heavy (non-hydrogen) atoms. The van der Waals surface area contributed by atoms with Crippen LogP contribution < -0.4 is 11.1 Å². The molecule has 1 atom stereocenters. The van der Waals surface area contributed by atoms with Gasteiger partial charge in [0.1, 0.15) is 10.8 Å². The van der Waals surface area contributed by atoms with Crippen molar-refractivity contribution < 1.29 is 0 Å². The molecular formula is C16H21N3S. The number of nitrogens with one attached hydrogen (secondary N) is 1. The quantitative estimate of drug-likeness (QED) is 0.880. The summed E-state index contributed by atoms with van der Waals surface area (Å²) in [4.78, 5) is 0. The molecule has 1 aromatic carbocycles. The molecule has 1 unspecified atom stereocenters. The number of anilines is 2. The molecule has 0 radical (unpaired) electrons. The number of hydrogen-bond acceptors (Lipinski definition) is 4. The number of rotatable bonds is 3. The van der Waals surface area contributed by atoms with Gasteiger partial charge in [0.25, 0.3) is 0 Å². The molecular weight excluding hydrogens is 266 g/mol. The van der Waals surface area contributed by atoms with E-state index in [0.29, 0.717) is 17.3 Å². The van der Waals surface area contributed by atoms with Crippen molar-refractivity contribution in [2.24, 2.45) is 5.41 Å². The van der Waals surface area contributed by atoms with E-state index >= 15 is 0 Å². The molecule has 0 aliphatic heterocycles. The molecule has 1 aliphatic rings. The van der Waals surface area contributed by atoms with Gasteiger partial charge in [0.15, 0.2) is 0 Å². The summed E-state index contributed by atoms with van der Waals surface area (Å²) in [5, 5.41) is 4.77. The number of hydrogen-bond donors (Lipinski definition) is 2. The Morgan fingerprint density at radius 1 is 1.30 bits per heavy atom. The molecule has 3 rings (SSSR count). The normalized spacial score (nSPS) is 21.0. The summed E-state index contributed by atoms with van der Waals surface area (Å²) in [7, 11) is 0. The molecule has 4 heteroatoms. The Kier molecular flexibility index (Phi) is 3.42. The third-order valence-corrected chi connectivity index (χ3v) is 4.88. The van der Waals surface area contributed by atoms with Crippen LogP contribution >= 0.6 is 11.5 Å². The van der Waals surface area contributed by atoms with Gasteiger partial charge in [0, 0.05) is 6.04 Å². The summed E-state index contributed by atoms with van der Waals surface area (Å²) in [6.07, 6.45) is 3.71. The van der Waals surface area contributed by atoms with Gasteiger partial charge in [-0.05, 0) is 41.8 Å². The van der Waals surface area contributed by atoms with Crippen LogP contribution in [0.25, 0.3) is 11.1 Å². The van der Waals surface area contributed by atoms with Crippen molar-refractivity contribution in [1.29, 1.82) is 0 Å². The summed E-state index contributed by atoms with van der Waals surface area (Å²) < 4.78 is 4.33. The summed E-state index contributed by atoms with van der Waals surface area (Å²) in [6.45, 7) is 4.68. The fraction of sp³-hybridized carbons (Fsp3) is 0.438. The average Bonchev–Trinajstić information content (AvgIpc) is 2.94. The molecule has 1 heterocycles. The van der Waals surface area contributed by atoms with Crippen molar-refractivity contribution in [2.75, 3.05) is 11.1 Å². The fourth-order valence-electron chi connectivity index (χ4n) is 3.03. The van der Waals surface area contributed by atoms with Crippen LogP contribution in [0.1, 0.15) is 33.1 Å². The zero-order valence-electron chi connectivity index (χ0n) is 12.0. The van der Waals surface area contributed by atoms with Crippen LogP contribution in [0.2, 0.25) is 0 Å². The highest BCUT2D eigenvalue weighted by Gasteiger charge is 2.31. The van der Waals surface area contributed by atoms with Crippen molar-refractivity contribution in [1.82, 2.24) is 4.37 Å². The lowest BCUT2D eigenvalue weighted by Crippen LogP contribution is -2.17. The molecule has 0 saturated heterocycles. The first-order valence-electron chi connectivity index (χ1n) is 7.12. The Morgan fingerprint density at radius 3 is 2.70 bits per heavy atom. The zero-order chi connectivity index (χ0) is 14.2. The Hall–Kier alpha value is -1.55. The minimum Gasteiger partial charge on any atom is -0.382 e. The van der Waals surface area contributed by atoms with E-state index in [-0.39, 0.29) is 0 Å². The Labute approximate surface area is 124 Å². The van der Waals surface area contributed by atoms with Gasteiger partial charge in [0.2, 0.25) is 0 Å². The monoisotopic (exact) mass is 287 g/mol. The van der Waals surface area contributed by atoms with Crippen molar-refractivity contribution in [2.45, 2.75) is 39.2 Å². The van der Waals surface area contributed by atoms with E-state index in [1.807, 2.05) is 18.2 Å². The first kappa shape index (κ1) is 13.4. The molecule has 1 aromatic heterocycles. The van der Waals surface area contributed by atoms with E-state index in [2.05, 4.69) is 35.7 Å². The summed E-state index contributed by atoms with van der Waals surface area (Å²) >= 11 is 1.47. The van der Waals surface area contributed by atoms with E-state index in [1.54, 1.807) is 0 Å². The van der Waals surface area contributed by atoms with Gasteiger partial charge in [-0.2, -0.15) is 4.37 Å². The predicted molar refractivity (Wildman–Crippen MR) is 87.0 cm³/mol. The molecule has 3 N–H and O–H groups in total. The van der Waals surface area contributed by atoms with Gasteiger partial charge in [-0.1, -0.05) is 44.2 Å². The maximum Gasteiger partial charge on any atom is 0.147 e. The van der Waals surface area contributed by atoms with Crippen molar-refractivity contribution in [3.8, 4) is 11.1 Å². The van der Waals surface area contributed by atoms with Crippen LogP contribution in [0.4, 0.5) is 10.8 Å². The van der Waals surface area contributed by atoms with Crippen molar-refractivity contribution in [3.63, 3.8) is 0 Å². The Balaban J connectivity index is 1.85. The highest BCUT2D eigenvalue weighted by atomic mass is 32.1. The zero-order valence-corrected chi connectivity index (χ0v) is 12.8. The van der Waals surface area contributed by atoms with Crippen LogP contribution in [0, 0.1) is 5.41 Å². The summed E-state index contributed by atoms with van der Waals surface area (Å²) in [6, 6.07) is 10.8. The van der Waals surface area contributed by atoms with Gasteiger partial charge in [-0.3, -0.25) is 0 Å². The number of nitrogens with zero attached hydrogens (tertiary/aromatic N) is 1. The maximum absolute atomic E-state index is 6.06. The highest BCUT2D eigenvalue weighted by molar-refractivity contribution is 7.11. The van der Waals surface area contributed by atoms with Crippen LogP contribution in [-0.2, 0) is 0 Å². The highest BCUT2D eigenvalue weighted by Crippen LogP contribution is 2.42. The molecule has 0 amide bonds. The van der Waals surface area contributed by atoms with Crippen LogP contribution in [0.3, 0.4) is 0 Å². The van der Waals surface area contributed by atoms with Crippen molar-refractivity contribution >= 4 is 22.4 Å². The minimum absolute atomic E-state index is 0.445. The van der Waals surface area contributed by atoms with Gasteiger partial charge in [-0.25, -0.2) is 0 Å². The standard InChI is InChI=1S/C16H21N3S/c1-16(2)9-8-12(10-16)18-15-13(14(17)19-20-15)11-6-4-3-5-7-11/h3-7,12,18H,8-10H2,1-2H3,(H2,17,19). The van der Waals surface area contributed by atoms with E-state index in [1.165, 1.54) is 30.8 Å². The molecule has 2 aromatic rings. The third kappa shape index (κ3) is 2.66. The number of nitrogen functional groups attached to an aromatic ring is 1. The average molecular weight is 287 g/mol. The fourth-order valence-corrected chi connectivity index (χ4v) is 3.84. The summed E-state index contributed by atoms with van der Waals surface area (Å²) in [5.41, 5.74) is 8.70. The van der Waals surface area contributed by atoms with Gasteiger partial charge >= 0.3 is 0 Å². The first-order chi connectivity index (χ1) is 9.55. The second kappa shape index (κ2) is 5.09. The SMILES string of the molecule is CC1(C)CCC(Nc2snc(N)c2-c2ccccc2)C1. The minimum atomic E-state index is 0.445. The molecule has 106 valence electrons. The smallest absolute Gasteiger partial charge is 0.147 e. The Morgan fingerprint density at radius 2 is 2.05 bits per heavy atom. The third-order valence-electron chi connectivity index (χ3n) is 4.08. The second-order valence-electron chi connectivity index (χ2n) is 6.39. The lowest BCUT2D eigenvalue weighted by Gasteiger charge is -2.18. The first-order valence-corrected chi connectivity index (χ1v) is 7.90. The molecule has 3 nitrogen and oxygen atoms in total. The van der Waals surface area contributed by atoms with Crippen LogP contribution in [0.5, 0.6) is 0 Å². The van der Waals surface area contributed by atoms with Crippen LogP contribution in [-0.4, -0.2) is 10.4 Å². The van der Waals surface area contributed by atoms with Gasteiger partial charge < -0.3 is 11.1 Å². The number of aromatic nitrogens is 1. The molecule has 0 bridgehead atoms. The van der Waals surface area contributed by atoms with Crippen LogP contribution in [0.15, 0.2) is 30.3 Å². The Bertz CT molecular complexity index is 589. The van der Waals surface area contributed by atoms with Gasteiger partial charge in [-0.15, -0.1) is 0 Å². The van der Waals surface area contributed by atoms with E-state index in [9.17, 15) is 0 Å². The second-order valence-corrected chi connectivity index (χ2v) is 7.16. The van der Waals surface area contributed by atoms with E-state index < -0.39 is 0 Å². The predicted octanol–water partition coefficient (Wildman–Crippen LogP) is 4.38. The number of benzene rings is 1. The van der Waals surface area contributed by atoms with E-state index in [0.717, 1.165) is 16.1 Å². The topological polar surface area (TPSA) is 50.9 Å². The number of nitrogens with two attached hydrogens (primary N) is 1. The largest absolute Gasteiger partial charge is 0.382 e. The lowest BCUT2D eigenvalue weighted by atomic mass is 9.92. The summed E-state index contributed by atoms with van der Waals surface area (Å²) in [5.74, 6) is 0.626. The molecule has 1 aliphatic carbocycles. The molecule has 1 saturated carbocycles. The molecule has 1 fully saturated rings. The van der Waals surface area contributed by atoms with Gasteiger partial charge in [0.05, 0.1) is 5.56 Å². The molecule has 0 spiro atoms. The maximum atomic E-state index is 6.06. The van der Waals surface area contributed by atoms with Crippen molar-refractivity contribution in [3.05, 3.63) is 30.3 Å². The van der Waals surface area contributed by atoms with E-state index in [4.69, 9.17) is 5.73 Å². The lowest BCUT2D eigenvalue weighted by molar-refractivity contribution is 0.378.